The molecule has 12 nitrogen and oxygen atoms in total. The molecule has 0 spiro atoms. The Morgan fingerprint density at radius 3 is 2.00 bits per heavy atom. The van der Waals surface area contributed by atoms with Crippen LogP contribution in [0.1, 0.15) is 142 Å². The van der Waals surface area contributed by atoms with Gasteiger partial charge in [-0.1, -0.05) is 114 Å². The first kappa shape index (κ1) is 48.4. The number of phosphoric ester groups is 1. The van der Waals surface area contributed by atoms with Crippen LogP contribution >= 0.6 is 7.82 Å². The number of carbonyl (C=O) groups excluding carboxylic acids is 2. The fraction of sp³-hybridized carbons (Fsp3) is 0.725. The Bertz CT molecular complexity index is 1160. The molecule has 3 unspecified atom stereocenters. The number of epoxide rings is 1. The minimum Gasteiger partial charge on any atom is -0.480 e. The van der Waals surface area contributed by atoms with E-state index in [1.807, 2.05) is 12.2 Å². The highest BCUT2D eigenvalue weighted by Gasteiger charge is 2.36. The van der Waals surface area contributed by atoms with E-state index < -0.39 is 51.1 Å². The molecule has 1 aliphatic rings. The summed E-state index contributed by atoms with van der Waals surface area (Å²) in [6.45, 7) is 2.63. The van der Waals surface area contributed by atoms with Crippen molar-refractivity contribution >= 4 is 25.7 Å². The standard InChI is InChI=1S/C40H68NO11P/c1-3-5-7-8-9-10-11-15-18-21-25-29-38(42)48-31-34(32-49-53(46,47)50-33-35(41)40(44)45)51-39(43)30-26-22-19-16-13-12-14-17-20-24-28-37-36(52-37)27-23-6-4-2/h8-9,12,14,16,19-20,24,34-37H,3-7,10-11,13,15,17-18,21-23,25-33,41H2,1-2H3,(H,44,45)(H,46,47)/b9-8-,14-12-,19-16-,24-20-/t34-,35+,36?,37?/m1/s1. The summed E-state index contributed by atoms with van der Waals surface area (Å²) < 4.78 is 38.2. The minimum absolute atomic E-state index is 0.0782. The van der Waals surface area contributed by atoms with Crippen molar-refractivity contribution in [1.29, 1.82) is 0 Å². The lowest BCUT2D eigenvalue weighted by Crippen LogP contribution is -2.34. The summed E-state index contributed by atoms with van der Waals surface area (Å²) in [5, 5.41) is 8.86. The summed E-state index contributed by atoms with van der Waals surface area (Å²) in [4.78, 5) is 45.8. The summed E-state index contributed by atoms with van der Waals surface area (Å²) in [6, 6.07) is -1.53. The highest BCUT2D eigenvalue weighted by Crippen LogP contribution is 2.43. The molecule has 13 heteroatoms. The fourth-order valence-corrected chi connectivity index (χ4v) is 5.97. The van der Waals surface area contributed by atoms with Gasteiger partial charge in [-0.15, -0.1) is 0 Å². The SMILES string of the molecule is CCCC/C=C\CCCCCCCC(=O)OC[C@H](COP(=O)(O)OC[C@H](N)C(=O)O)OC(=O)CCC/C=C\C/C=C\C/C=C\CC1OC1CCCCC. The van der Waals surface area contributed by atoms with Crippen molar-refractivity contribution in [2.24, 2.45) is 5.73 Å². The summed E-state index contributed by atoms with van der Waals surface area (Å²) in [5.74, 6) is -2.48. The van der Waals surface area contributed by atoms with E-state index in [0.29, 0.717) is 31.5 Å². The quantitative estimate of drug-likeness (QED) is 0.0183. The van der Waals surface area contributed by atoms with Crippen molar-refractivity contribution < 1.29 is 52.2 Å². The average Bonchev–Trinajstić information content (AvgIpc) is 3.88. The maximum atomic E-state index is 12.6. The van der Waals surface area contributed by atoms with Crippen molar-refractivity contribution in [3.8, 4) is 0 Å². The fourth-order valence-electron chi connectivity index (χ4n) is 5.19. The molecule has 1 saturated heterocycles. The Kier molecular flexibility index (Phi) is 29.0. The van der Waals surface area contributed by atoms with E-state index in [1.54, 1.807) is 0 Å². The Hall–Kier alpha value is -2.60. The number of hydrogen-bond acceptors (Lipinski definition) is 10. The second-order valence-electron chi connectivity index (χ2n) is 13.4. The van der Waals surface area contributed by atoms with Crippen LogP contribution in [0.5, 0.6) is 0 Å². The smallest absolute Gasteiger partial charge is 0.472 e. The van der Waals surface area contributed by atoms with Gasteiger partial charge in [-0.2, -0.15) is 0 Å². The van der Waals surface area contributed by atoms with Gasteiger partial charge in [0.15, 0.2) is 6.10 Å². The van der Waals surface area contributed by atoms with Crippen LogP contribution in [-0.4, -0.2) is 72.1 Å². The van der Waals surface area contributed by atoms with Crippen LogP contribution < -0.4 is 5.73 Å². The van der Waals surface area contributed by atoms with E-state index >= 15 is 0 Å². The number of hydrogen-bond donors (Lipinski definition) is 3. The lowest BCUT2D eigenvalue weighted by atomic mass is 10.1. The van der Waals surface area contributed by atoms with Gasteiger partial charge in [0.1, 0.15) is 12.6 Å². The maximum absolute atomic E-state index is 12.6. The van der Waals surface area contributed by atoms with Gasteiger partial charge in [0.25, 0.3) is 0 Å². The first-order valence-electron chi connectivity index (χ1n) is 19.8. The van der Waals surface area contributed by atoms with Crippen molar-refractivity contribution in [3.05, 3.63) is 48.6 Å². The molecule has 0 amide bonds. The van der Waals surface area contributed by atoms with E-state index in [2.05, 4.69) is 54.8 Å². The van der Waals surface area contributed by atoms with Crippen molar-refractivity contribution in [3.63, 3.8) is 0 Å². The normalized spacial score (nSPS) is 18.2. The van der Waals surface area contributed by atoms with Gasteiger partial charge in [0.05, 0.1) is 25.4 Å². The van der Waals surface area contributed by atoms with Crippen LogP contribution in [0.3, 0.4) is 0 Å². The minimum atomic E-state index is -4.73. The van der Waals surface area contributed by atoms with Crippen molar-refractivity contribution in [1.82, 2.24) is 0 Å². The van der Waals surface area contributed by atoms with Crippen molar-refractivity contribution in [2.75, 3.05) is 19.8 Å². The van der Waals surface area contributed by atoms with Gasteiger partial charge in [-0.05, 0) is 64.2 Å². The van der Waals surface area contributed by atoms with Gasteiger partial charge in [0.2, 0.25) is 0 Å². The van der Waals surface area contributed by atoms with E-state index in [1.165, 1.54) is 38.5 Å². The number of esters is 2. The lowest BCUT2D eigenvalue weighted by Gasteiger charge is -2.20. The summed E-state index contributed by atoms with van der Waals surface area (Å²) in [6.07, 6.45) is 35.1. The molecule has 0 bridgehead atoms. The lowest BCUT2D eigenvalue weighted by molar-refractivity contribution is -0.161. The molecule has 1 fully saturated rings. The van der Waals surface area contributed by atoms with E-state index in [-0.39, 0.29) is 19.4 Å². The molecule has 0 saturated carbocycles. The van der Waals surface area contributed by atoms with Gasteiger partial charge in [-0.25, -0.2) is 4.57 Å². The molecule has 5 atom stereocenters. The summed E-state index contributed by atoms with van der Waals surface area (Å²) >= 11 is 0. The van der Waals surface area contributed by atoms with E-state index in [0.717, 1.165) is 57.8 Å². The molecule has 0 aliphatic carbocycles. The molecule has 0 radical (unpaired) electrons. The number of carboxylic acids is 1. The predicted octanol–water partition coefficient (Wildman–Crippen LogP) is 8.82. The number of allylic oxidation sites excluding steroid dienone is 7. The zero-order valence-corrected chi connectivity index (χ0v) is 33.2. The molecule has 0 aromatic rings. The van der Waals surface area contributed by atoms with Crippen molar-refractivity contribution in [2.45, 2.75) is 167 Å². The van der Waals surface area contributed by atoms with Gasteiger partial charge >= 0.3 is 25.7 Å². The monoisotopic (exact) mass is 769 g/mol. The zero-order chi connectivity index (χ0) is 39.0. The Balaban J connectivity index is 2.36. The second-order valence-corrected chi connectivity index (χ2v) is 14.9. The van der Waals surface area contributed by atoms with Crippen LogP contribution in [0, 0.1) is 0 Å². The molecule has 0 aromatic heterocycles. The van der Waals surface area contributed by atoms with Crippen LogP contribution in [-0.2, 0) is 42.2 Å². The Labute approximate surface area is 318 Å². The van der Waals surface area contributed by atoms with E-state index in [4.69, 9.17) is 29.6 Å². The number of unbranched alkanes of at least 4 members (excludes halogenated alkanes) is 10. The molecule has 1 heterocycles. The van der Waals surface area contributed by atoms with Crippen LogP contribution in [0.2, 0.25) is 0 Å². The number of ether oxygens (including phenoxy) is 3. The largest absolute Gasteiger partial charge is 0.480 e. The number of nitrogens with two attached hydrogens (primary N) is 1. The first-order valence-corrected chi connectivity index (χ1v) is 21.3. The molecular weight excluding hydrogens is 701 g/mol. The number of rotatable bonds is 35. The number of carboxylic acid groups (broad SMARTS) is 1. The molecular formula is C40H68NO11P. The molecule has 304 valence electrons. The number of phosphoric acid groups is 1. The third kappa shape index (κ3) is 29.4. The summed E-state index contributed by atoms with van der Waals surface area (Å²) in [5.41, 5.74) is 5.31. The van der Waals surface area contributed by atoms with Crippen LogP contribution in [0.15, 0.2) is 48.6 Å². The third-order valence-electron chi connectivity index (χ3n) is 8.47. The van der Waals surface area contributed by atoms with E-state index in [9.17, 15) is 23.8 Å². The maximum Gasteiger partial charge on any atom is 0.472 e. The predicted molar refractivity (Wildman–Crippen MR) is 207 cm³/mol. The summed E-state index contributed by atoms with van der Waals surface area (Å²) in [7, 11) is -4.73. The third-order valence-corrected chi connectivity index (χ3v) is 9.42. The molecule has 53 heavy (non-hydrogen) atoms. The van der Waals surface area contributed by atoms with Gasteiger partial charge in [0, 0.05) is 12.8 Å². The zero-order valence-electron chi connectivity index (χ0n) is 32.3. The van der Waals surface area contributed by atoms with Crippen LogP contribution in [0.25, 0.3) is 0 Å². The highest BCUT2D eigenvalue weighted by molar-refractivity contribution is 7.47. The highest BCUT2D eigenvalue weighted by atomic mass is 31.2. The topological polar surface area (TPSA) is 184 Å². The molecule has 1 aliphatic heterocycles. The van der Waals surface area contributed by atoms with Crippen LogP contribution in [0.4, 0.5) is 0 Å². The Morgan fingerprint density at radius 1 is 0.698 bits per heavy atom. The number of aliphatic carboxylic acids is 1. The average molecular weight is 770 g/mol. The Morgan fingerprint density at radius 2 is 1.28 bits per heavy atom. The molecule has 1 rings (SSSR count). The number of carbonyl (C=O) groups is 3. The first-order chi connectivity index (χ1) is 25.6. The van der Waals surface area contributed by atoms with Gasteiger partial charge in [-0.3, -0.25) is 23.4 Å². The molecule has 0 aromatic carbocycles. The van der Waals surface area contributed by atoms with Gasteiger partial charge < -0.3 is 29.9 Å². The second kappa shape index (κ2) is 31.7. The molecule has 4 N–H and O–H groups in total.